The highest BCUT2D eigenvalue weighted by molar-refractivity contribution is 7.17. The van der Waals surface area contributed by atoms with Crippen LogP contribution in [-0.2, 0) is 0 Å². The molecule has 2 aromatic heterocycles. The normalized spacial score (nSPS) is 11.9. The number of thiophene rings is 1. The zero-order valence-corrected chi connectivity index (χ0v) is 12.9. The van der Waals surface area contributed by atoms with Gasteiger partial charge in [-0.1, -0.05) is 36.4 Å². The number of pyridine rings is 1. The van der Waals surface area contributed by atoms with Crippen LogP contribution in [0.15, 0.2) is 60.0 Å². The van der Waals surface area contributed by atoms with Crippen LogP contribution in [-0.4, -0.2) is 4.98 Å². The minimum absolute atomic E-state index is 1.08. The maximum absolute atomic E-state index is 4.98. The lowest BCUT2D eigenvalue weighted by Gasteiger charge is -2.07. The highest BCUT2D eigenvalue weighted by atomic mass is 32.1. The van der Waals surface area contributed by atoms with Crippen molar-refractivity contribution in [3.05, 3.63) is 65.5 Å². The van der Waals surface area contributed by atoms with E-state index < -0.39 is 0 Å². The van der Waals surface area contributed by atoms with Gasteiger partial charge in [-0.15, -0.1) is 11.3 Å². The Hall–Kier alpha value is -2.45. The molecule has 3 aromatic carbocycles. The minimum Gasteiger partial charge on any atom is -0.247 e. The molecule has 0 bridgehead atoms. The van der Waals surface area contributed by atoms with Crippen molar-refractivity contribution in [2.24, 2.45) is 0 Å². The third-order valence-electron chi connectivity index (χ3n) is 4.41. The van der Waals surface area contributed by atoms with E-state index in [-0.39, 0.29) is 0 Å². The molecule has 5 rings (SSSR count). The second kappa shape index (κ2) is 4.28. The molecule has 2 heteroatoms. The second-order valence-electron chi connectivity index (χ2n) is 5.77. The summed E-state index contributed by atoms with van der Waals surface area (Å²) in [7, 11) is 0. The lowest BCUT2D eigenvalue weighted by molar-refractivity contribution is 1.52. The van der Waals surface area contributed by atoms with Crippen LogP contribution in [0.2, 0.25) is 0 Å². The van der Waals surface area contributed by atoms with Crippen molar-refractivity contribution in [2.75, 3.05) is 0 Å². The molecule has 2 heterocycles. The van der Waals surface area contributed by atoms with Gasteiger partial charge in [-0.25, -0.2) is 4.98 Å². The van der Waals surface area contributed by atoms with E-state index in [1.807, 2.05) is 11.3 Å². The first kappa shape index (κ1) is 12.1. The SMILES string of the molecule is Cc1csc2ccc3nc4c(ccc5ccccc54)cc3c12. The summed E-state index contributed by atoms with van der Waals surface area (Å²) in [6, 6.07) is 19.5. The van der Waals surface area contributed by atoms with Crippen molar-refractivity contribution in [1.29, 1.82) is 0 Å². The highest BCUT2D eigenvalue weighted by Gasteiger charge is 2.09. The van der Waals surface area contributed by atoms with E-state index in [4.69, 9.17) is 4.98 Å². The van der Waals surface area contributed by atoms with Gasteiger partial charge in [0.1, 0.15) is 0 Å². The van der Waals surface area contributed by atoms with Gasteiger partial charge >= 0.3 is 0 Å². The topological polar surface area (TPSA) is 12.9 Å². The molecule has 0 aliphatic rings. The first-order valence-corrected chi connectivity index (χ1v) is 8.28. The van der Waals surface area contributed by atoms with Gasteiger partial charge in [0, 0.05) is 26.2 Å². The Balaban J connectivity index is 2.04. The summed E-state index contributed by atoms with van der Waals surface area (Å²) in [5.41, 5.74) is 3.52. The third-order valence-corrected chi connectivity index (χ3v) is 5.47. The van der Waals surface area contributed by atoms with Crippen LogP contribution in [0.1, 0.15) is 5.56 Å². The fourth-order valence-corrected chi connectivity index (χ4v) is 4.29. The van der Waals surface area contributed by atoms with Gasteiger partial charge in [0.2, 0.25) is 0 Å². The number of rotatable bonds is 0. The number of fused-ring (bicyclic) bond motifs is 6. The molecule has 0 aliphatic carbocycles. The smallest absolute Gasteiger partial charge is 0.0788 e. The number of hydrogen-bond donors (Lipinski definition) is 0. The summed E-state index contributed by atoms with van der Waals surface area (Å²) >= 11 is 1.81. The van der Waals surface area contributed by atoms with Gasteiger partial charge in [0.25, 0.3) is 0 Å². The maximum atomic E-state index is 4.98. The average Bonchev–Trinajstić information content (AvgIpc) is 2.95. The van der Waals surface area contributed by atoms with Crippen molar-refractivity contribution in [1.82, 2.24) is 4.98 Å². The van der Waals surface area contributed by atoms with Crippen LogP contribution >= 0.6 is 11.3 Å². The molecule has 22 heavy (non-hydrogen) atoms. The van der Waals surface area contributed by atoms with E-state index in [1.54, 1.807) is 0 Å². The molecule has 0 atom stereocenters. The monoisotopic (exact) mass is 299 g/mol. The number of nitrogens with zero attached hydrogens (tertiary/aromatic N) is 1. The van der Waals surface area contributed by atoms with Crippen molar-refractivity contribution >= 4 is 54.0 Å². The zero-order chi connectivity index (χ0) is 14.7. The first-order chi connectivity index (χ1) is 10.8. The summed E-state index contributed by atoms with van der Waals surface area (Å²) in [5.74, 6) is 0. The lowest BCUT2D eigenvalue weighted by atomic mass is 10.0. The number of aryl methyl sites for hydroxylation is 1. The Morgan fingerprint density at radius 1 is 0.864 bits per heavy atom. The Morgan fingerprint density at radius 2 is 1.73 bits per heavy atom. The minimum atomic E-state index is 1.08. The number of benzene rings is 3. The zero-order valence-electron chi connectivity index (χ0n) is 12.1. The number of aromatic nitrogens is 1. The van der Waals surface area contributed by atoms with Crippen molar-refractivity contribution in [3.8, 4) is 0 Å². The van der Waals surface area contributed by atoms with E-state index in [0.29, 0.717) is 0 Å². The van der Waals surface area contributed by atoms with Crippen LogP contribution in [0.25, 0.3) is 42.7 Å². The summed E-state index contributed by atoms with van der Waals surface area (Å²) in [5, 5.41) is 8.53. The predicted molar refractivity (Wildman–Crippen MR) is 96.9 cm³/mol. The van der Waals surface area contributed by atoms with Crippen LogP contribution in [0.3, 0.4) is 0 Å². The lowest BCUT2D eigenvalue weighted by Crippen LogP contribution is -1.85. The van der Waals surface area contributed by atoms with Gasteiger partial charge in [-0.2, -0.15) is 0 Å². The molecule has 0 saturated heterocycles. The molecule has 0 amide bonds. The Kier molecular flexibility index (Phi) is 2.36. The quantitative estimate of drug-likeness (QED) is 0.250. The molecule has 5 aromatic rings. The number of hydrogen-bond acceptors (Lipinski definition) is 2. The molecular formula is C20H13NS. The fraction of sp³-hybridized carbons (Fsp3) is 0.0500. The molecule has 0 spiro atoms. The maximum Gasteiger partial charge on any atom is 0.0788 e. The molecule has 0 radical (unpaired) electrons. The summed E-state index contributed by atoms with van der Waals surface area (Å²) in [6.07, 6.45) is 0. The molecule has 0 N–H and O–H groups in total. The molecular weight excluding hydrogens is 286 g/mol. The van der Waals surface area contributed by atoms with Gasteiger partial charge in [0.15, 0.2) is 0 Å². The van der Waals surface area contributed by atoms with Crippen molar-refractivity contribution in [3.63, 3.8) is 0 Å². The van der Waals surface area contributed by atoms with Gasteiger partial charge in [-0.05, 0) is 41.5 Å². The van der Waals surface area contributed by atoms with E-state index in [9.17, 15) is 0 Å². The van der Waals surface area contributed by atoms with Crippen molar-refractivity contribution in [2.45, 2.75) is 6.92 Å². The Labute approximate surface area is 131 Å². The summed E-state index contributed by atoms with van der Waals surface area (Å²) < 4.78 is 1.34. The molecule has 0 fully saturated rings. The molecule has 0 aliphatic heterocycles. The van der Waals surface area contributed by atoms with Gasteiger partial charge in [-0.3, -0.25) is 0 Å². The van der Waals surface area contributed by atoms with E-state index >= 15 is 0 Å². The molecule has 104 valence electrons. The second-order valence-corrected chi connectivity index (χ2v) is 6.68. The standard InChI is InChI=1S/C20H13NS/c1-12-11-22-18-9-8-17-16(19(12)18)10-14-7-6-13-4-2-3-5-15(13)20(14)21-17/h2-11H,1H3. The average molecular weight is 299 g/mol. The predicted octanol–water partition coefficient (Wildman–Crippen LogP) is 6.06. The van der Waals surface area contributed by atoms with E-state index in [1.165, 1.54) is 37.2 Å². The van der Waals surface area contributed by atoms with E-state index in [0.717, 1.165) is 11.0 Å². The summed E-state index contributed by atoms with van der Waals surface area (Å²) in [4.78, 5) is 4.98. The van der Waals surface area contributed by atoms with E-state index in [2.05, 4.69) is 66.9 Å². The van der Waals surface area contributed by atoms with Crippen LogP contribution in [0, 0.1) is 6.92 Å². The largest absolute Gasteiger partial charge is 0.247 e. The van der Waals surface area contributed by atoms with Crippen LogP contribution < -0.4 is 0 Å². The Bertz CT molecular complexity index is 1180. The summed E-state index contributed by atoms with van der Waals surface area (Å²) in [6.45, 7) is 2.18. The molecule has 0 unspecified atom stereocenters. The van der Waals surface area contributed by atoms with Gasteiger partial charge in [0.05, 0.1) is 11.0 Å². The molecule has 1 nitrogen and oxygen atoms in total. The first-order valence-electron chi connectivity index (χ1n) is 7.40. The van der Waals surface area contributed by atoms with Gasteiger partial charge < -0.3 is 0 Å². The Morgan fingerprint density at radius 3 is 2.68 bits per heavy atom. The highest BCUT2D eigenvalue weighted by Crippen LogP contribution is 2.34. The fourth-order valence-electron chi connectivity index (χ4n) is 3.34. The van der Waals surface area contributed by atoms with Crippen LogP contribution in [0.5, 0.6) is 0 Å². The third kappa shape index (κ3) is 1.56. The molecule has 0 saturated carbocycles. The van der Waals surface area contributed by atoms with Crippen LogP contribution in [0.4, 0.5) is 0 Å². The van der Waals surface area contributed by atoms with Crippen molar-refractivity contribution < 1.29 is 0 Å².